The van der Waals surface area contributed by atoms with Crippen molar-refractivity contribution < 1.29 is 18.7 Å². The molecule has 0 aromatic carbocycles. The Morgan fingerprint density at radius 3 is 2.54 bits per heavy atom. The van der Waals surface area contributed by atoms with Gasteiger partial charge >= 0.3 is 0 Å². The number of furan rings is 1. The molecule has 0 spiro atoms. The standard InChI is InChI=1S/C21H31N3O4/c1-14-10-19(15(2)28-14)21(26)22-11-18-12-24(20(25)13-27-18)17-6-8-23(9-7-17)16-4-3-5-16/h10,16-18H,3-9,11-13H2,1-2H3,(H,22,26)/t18-/m1/s1. The summed E-state index contributed by atoms with van der Waals surface area (Å²) in [6, 6.07) is 2.82. The Morgan fingerprint density at radius 1 is 1.18 bits per heavy atom. The monoisotopic (exact) mass is 389 g/mol. The molecule has 7 heteroatoms. The van der Waals surface area contributed by atoms with Gasteiger partial charge in [0.05, 0.1) is 11.7 Å². The number of likely N-dealkylation sites (tertiary alicyclic amines) is 1. The van der Waals surface area contributed by atoms with E-state index in [1.807, 2.05) is 11.8 Å². The third kappa shape index (κ3) is 4.10. The van der Waals surface area contributed by atoms with E-state index in [9.17, 15) is 9.59 Å². The van der Waals surface area contributed by atoms with Crippen LogP contribution in [0.3, 0.4) is 0 Å². The van der Waals surface area contributed by atoms with Crippen molar-refractivity contribution in [1.82, 2.24) is 15.1 Å². The zero-order valence-electron chi connectivity index (χ0n) is 16.9. The number of aryl methyl sites for hydroxylation is 2. The van der Waals surface area contributed by atoms with Crippen molar-refractivity contribution in [2.45, 2.75) is 64.1 Å². The molecule has 0 radical (unpaired) electrons. The smallest absolute Gasteiger partial charge is 0.254 e. The fourth-order valence-electron chi connectivity index (χ4n) is 4.59. The molecule has 1 aliphatic carbocycles. The highest BCUT2D eigenvalue weighted by molar-refractivity contribution is 5.95. The third-order valence-corrected chi connectivity index (χ3v) is 6.47. The van der Waals surface area contributed by atoms with Crippen molar-refractivity contribution in [2.24, 2.45) is 0 Å². The van der Waals surface area contributed by atoms with E-state index in [4.69, 9.17) is 9.15 Å². The Hall–Kier alpha value is -1.86. The van der Waals surface area contributed by atoms with Crippen LogP contribution in [-0.2, 0) is 9.53 Å². The lowest BCUT2D eigenvalue weighted by atomic mass is 9.89. The molecule has 0 unspecified atom stereocenters. The first-order valence-electron chi connectivity index (χ1n) is 10.5. The molecule has 1 aromatic rings. The first-order valence-corrected chi connectivity index (χ1v) is 10.5. The fourth-order valence-corrected chi connectivity index (χ4v) is 4.59. The van der Waals surface area contributed by atoms with E-state index in [1.165, 1.54) is 19.3 Å². The SMILES string of the molecule is Cc1cc(C(=O)NC[C@@H]2CN(C3CCN(C4CCC4)CC3)C(=O)CO2)c(C)o1. The van der Waals surface area contributed by atoms with Crippen LogP contribution < -0.4 is 5.32 Å². The van der Waals surface area contributed by atoms with E-state index in [2.05, 4.69) is 10.2 Å². The number of ether oxygens (including phenoxy) is 1. The van der Waals surface area contributed by atoms with Gasteiger partial charge in [-0.25, -0.2) is 0 Å². The lowest BCUT2D eigenvalue weighted by molar-refractivity contribution is -0.153. The Balaban J connectivity index is 1.28. The van der Waals surface area contributed by atoms with E-state index in [0.29, 0.717) is 30.5 Å². The summed E-state index contributed by atoms with van der Waals surface area (Å²) >= 11 is 0. The van der Waals surface area contributed by atoms with Crippen molar-refractivity contribution in [2.75, 3.05) is 32.8 Å². The second-order valence-electron chi connectivity index (χ2n) is 8.37. The molecular weight excluding hydrogens is 358 g/mol. The Kier molecular flexibility index (Phi) is 5.73. The zero-order valence-corrected chi connectivity index (χ0v) is 16.9. The molecule has 1 atom stereocenters. The number of rotatable bonds is 5. The minimum Gasteiger partial charge on any atom is -0.466 e. The molecule has 2 saturated heterocycles. The Labute approximate surface area is 166 Å². The number of hydrogen-bond acceptors (Lipinski definition) is 5. The van der Waals surface area contributed by atoms with Crippen molar-refractivity contribution in [3.05, 3.63) is 23.2 Å². The van der Waals surface area contributed by atoms with Crippen molar-refractivity contribution in [1.29, 1.82) is 0 Å². The third-order valence-electron chi connectivity index (χ3n) is 6.47. The Morgan fingerprint density at radius 2 is 1.93 bits per heavy atom. The maximum atomic E-state index is 12.4. The van der Waals surface area contributed by atoms with Crippen LogP contribution in [0.25, 0.3) is 0 Å². The van der Waals surface area contributed by atoms with Gasteiger partial charge in [-0.1, -0.05) is 6.42 Å². The summed E-state index contributed by atoms with van der Waals surface area (Å²) < 4.78 is 11.1. The molecule has 7 nitrogen and oxygen atoms in total. The molecule has 3 heterocycles. The van der Waals surface area contributed by atoms with Crippen LogP contribution in [0.1, 0.15) is 54.0 Å². The minimum atomic E-state index is -0.167. The number of carbonyl (C=O) groups is 2. The number of nitrogens with zero attached hydrogens (tertiary/aromatic N) is 2. The minimum absolute atomic E-state index is 0.0750. The summed E-state index contributed by atoms with van der Waals surface area (Å²) in [7, 11) is 0. The molecule has 1 aromatic heterocycles. The average molecular weight is 389 g/mol. The van der Waals surface area contributed by atoms with Crippen LogP contribution >= 0.6 is 0 Å². The summed E-state index contributed by atoms with van der Waals surface area (Å²) in [5, 5.41) is 2.93. The second kappa shape index (κ2) is 8.25. The summed E-state index contributed by atoms with van der Waals surface area (Å²) in [6.07, 6.45) is 5.93. The van der Waals surface area contributed by atoms with Crippen molar-refractivity contribution in [3.63, 3.8) is 0 Å². The van der Waals surface area contributed by atoms with Gasteiger partial charge in [0.1, 0.15) is 18.1 Å². The van der Waals surface area contributed by atoms with Gasteiger partial charge in [-0.05, 0) is 45.6 Å². The topological polar surface area (TPSA) is 75.0 Å². The number of amides is 2. The maximum Gasteiger partial charge on any atom is 0.254 e. The van der Waals surface area contributed by atoms with E-state index < -0.39 is 0 Å². The Bertz CT molecular complexity index is 719. The van der Waals surface area contributed by atoms with Gasteiger partial charge in [0, 0.05) is 38.3 Å². The lowest BCUT2D eigenvalue weighted by Crippen LogP contribution is -2.57. The number of nitrogens with one attached hydrogen (secondary N) is 1. The highest BCUT2D eigenvalue weighted by Gasteiger charge is 2.35. The number of morpholine rings is 1. The average Bonchev–Trinajstić information content (AvgIpc) is 2.98. The van der Waals surface area contributed by atoms with Crippen LogP contribution in [0.15, 0.2) is 10.5 Å². The first-order chi connectivity index (χ1) is 13.5. The molecule has 4 rings (SSSR count). The van der Waals surface area contributed by atoms with Crippen LogP contribution in [0.5, 0.6) is 0 Å². The zero-order chi connectivity index (χ0) is 19.7. The highest BCUT2D eigenvalue weighted by atomic mass is 16.5. The maximum absolute atomic E-state index is 12.4. The molecule has 28 heavy (non-hydrogen) atoms. The van der Waals surface area contributed by atoms with E-state index in [0.717, 1.165) is 37.7 Å². The molecule has 1 saturated carbocycles. The highest BCUT2D eigenvalue weighted by Crippen LogP contribution is 2.29. The van der Waals surface area contributed by atoms with Gasteiger partial charge in [-0.2, -0.15) is 0 Å². The summed E-state index contributed by atoms with van der Waals surface area (Å²) in [6.45, 7) is 6.83. The first kappa shape index (κ1) is 19.5. The molecule has 154 valence electrons. The van der Waals surface area contributed by atoms with Crippen molar-refractivity contribution in [3.8, 4) is 0 Å². The molecule has 1 N–H and O–H groups in total. The number of carbonyl (C=O) groups excluding carboxylic acids is 2. The van der Waals surface area contributed by atoms with Gasteiger partial charge in [0.2, 0.25) is 5.91 Å². The summed E-state index contributed by atoms with van der Waals surface area (Å²) in [5.41, 5.74) is 0.560. The van der Waals surface area contributed by atoms with Gasteiger partial charge < -0.3 is 24.3 Å². The van der Waals surface area contributed by atoms with Gasteiger partial charge in [-0.15, -0.1) is 0 Å². The van der Waals surface area contributed by atoms with Gasteiger partial charge in [-0.3, -0.25) is 9.59 Å². The molecule has 2 aliphatic heterocycles. The fraction of sp³-hybridized carbons (Fsp3) is 0.714. The lowest BCUT2D eigenvalue weighted by Gasteiger charge is -2.45. The quantitative estimate of drug-likeness (QED) is 0.832. The van der Waals surface area contributed by atoms with Crippen LogP contribution in [0.2, 0.25) is 0 Å². The molecule has 0 bridgehead atoms. The molecule has 3 fully saturated rings. The van der Waals surface area contributed by atoms with E-state index in [-0.39, 0.29) is 24.5 Å². The van der Waals surface area contributed by atoms with Crippen LogP contribution in [0, 0.1) is 13.8 Å². The second-order valence-corrected chi connectivity index (χ2v) is 8.37. The number of hydrogen-bond donors (Lipinski definition) is 1. The molecular formula is C21H31N3O4. The predicted octanol–water partition coefficient (Wildman–Crippen LogP) is 1.87. The predicted molar refractivity (Wildman–Crippen MR) is 104 cm³/mol. The largest absolute Gasteiger partial charge is 0.466 e. The summed E-state index contributed by atoms with van der Waals surface area (Å²) in [5.74, 6) is 1.26. The summed E-state index contributed by atoms with van der Waals surface area (Å²) in [4.78, 5) is 29.4. The van der Waals surface area contributed by atoms with Crippen molar-refractivity contribution >= 4 is 11.8 Å². The van der Waals surface area contributed by atoms with Crippen LogP contribution in [0.4, 0.5) is 0 Å². The van der Waals surface area contributed by atoms with E-state index >= 15 is 0 Å². The molecule has 2 amide bonds. The van der Waals surface area contributed by atoms with Gasteiger partial charge in [0.25, 0.3) is 5.91 Å². The number of piperidine rings is 1. The molecule has 3 aliphatic rings. The van der Waals surface area contributed by atoms with Crippen LogP contribution in [-0.4, -0.2) is 72.6 Å². The normalized spacial score (nSPS) is 25.0. The van der Waals surface area contributed by atoms with E-state index in [1.54, 1.807) is 13.0 Å². The van der Waals surface area contributed by atoms with Gasteiger partial charge in [0.15, 0.2) is 0 Å².